The van der Waals surface area contributed by atoms with Crippen LogP contribution in [-0.2, 0) is 4.79 Å². The standard InChI is InChI=1S/C16H20O3/c1-11-6-7-13(9-12(11)2)15(18)16(19)8-4-3-5-14(16)10-17/h6-7,9-10,14,19H,3-5,8H2,1-2H3. The zero-order valence-corrected chi connectivity index (χ0v) is 11.5. The van der Waals surface area contributed by atoms with Gasteiger partial charge >= 0.3 is 0 Å². The van der Waals surface area contributed by atoms with Crippen molar-refractivity contribution in [1.29, 1.82) is 0 Å². The van der Waals surface area contributed by atoms with Crippen LogP contribution in [0.25, 0.3) is 0 Å². The molecule has 0 spiro atoms. The average Bonchev–Trinajstić information content (AvgIpc) is 2.41. The molecule has 0 aromatic heterocycles. The van der Waals surface area contributed by atoms with Crippen molar-refractivity contribution < 1.29 is 14.7 Å². The third kappa shape index (κ3) is 2.47. The van der Waals surface area contributed by atoms with Gasteiger partial charge in [0, 0.05) is 5.56 Å². The van der Waals surface area contributed by atoms with Crippen LogP contribution in [-0.4, -0.2) is 22.8 Å². The van der Waals surface area contributed by atoms with E-state index in [0.29, 0.717) is 18.4 Å². The van der Waals surface area contributed by atoms with Gasteiger partial charge in [0.15, 0.2) is 5.78 Å². The first-order valence-corrected chi connectivity index (χ1v) is 6.79. The average molecular weight is 260 g/mol. The normalized spacial score (nSPS) is 27.0. The molecule has 102 valence electrons. The van der Waals surface area contributed by atoms with Crippen LogP contribution in [0, 0.1) is 19.8 Å². The number of aldehydes is 1. The highest BCUT2D eigenvalue weighted by Crippen LogP contribution is 2.35. The van der Waals surface area contributed by atoms with Gasteiger partial charge in [-0.3, -0.25) is 4.79 Å². The second-order valence-electron chi connectivity index (χ2n) is 5.54. The maximum atomic E-state index is 12.5. The van der Waals surface area contributed by atoms with Gasteiger partial charge in [-0.05, 0) is 43.9 Å². The predicted octanol–water partition coefficient (Wildman–Crippen LogP) is 2.61. The summed E-state index contributed by atoms with van der Waals surface area (Å²) in [5.74, 6) is -0.886. The van der Waals surface area contributed by atoms with Crippen LogP contribution in [0.3, 0.4) is 0 Å². The third-order valence-electron chi connectivity index (χ3n) is 4.26. The number of ketones is 1. The summed E-state index contributed by atoms with van der Waals surface area (Å²) in [6, 6.07) is 5.41. The zero-order valence-electron chi connectivity index (χ0n) is 11.5. The van der Waals surface area contributed by atoms with E-state index in [0.717, 1.165) is 30.3 Å². The summed E-state index contributed by atoms with van der Waals surface area (Å²) in [5.41, 5.74) is 1.12. The first-order chi connectivity index (χ1) is 8.99. The molecular weight excluding hydrogens is 240 g/mol. The first-order valence-electron chi connectivity index (χ1n) is 6.79. The van der Waals surface area contributed by atoms with Crippen molar-refractivity contribution in [2.75, 3.05) is 0 Å². The van der Waals surface area contributed by atoms with Crippen molar-refractivity contribution in [2.45, 2.75) is 45.1 Å². The first kappa shape index (κ1) is 13.9. The van der Waals surface area contributed by atoms with Gasteiger partial charge in [0.1, 0.15) is 11.9 Å². The topological polar surface area (TPSA) is 54.4 Å². The van der Waals surface area contributed by atoms with Gasteiger partial charge in [0.2, 0.25) is 0 Å². The maximum Gasteiger partial charge on any atom is 0.195 e. The lowest BCUT2D eigenvalue weighted by Gasteiger charge is -2.35. The molecule has 3 heteroatoms. The molecule has 2 rings (SSSR count). The van der Waals surface area contributed by atoms with E-state index in [1.165, 1.54) is 0 Å². The highest BCUT2D eigenvalue weighted by molar-refractivity contribution is 6.04. The number of aryl methyl sites for hydroxylation is 2. The summed E-state index contributed by atoms with van der Waals surface area (Å²) in [5, 5.41) is 10.6. The second-order valence-corrected chi connectivity index (χ2v) is 5.54. The molecule has 2 unspecified atom stereocenters. The fourth-order valence-electron chi connectivity index (χ4n) is 2.78. The van der Waals surface area contributed by atoms with Crippen LogP contribution in [0.15, 0.2) is 18.2 Å². The van der Waals surface area contributed by atoms with E-state index in [1.54, 1.807) is 12.1 Å². The second kappa shape index (κ2) is 5.25. The van der Waals surface area contributed by atoms with Crippen LogP contribution in [0.2, 0.25) is 0 Å². The number of aliphatic hydroxyl groups is 1. The largest absolute Gasteiger partial charge is 0.381 e. The lowest BCUT2D eigenvalue weighted by atomic mass is 9.72. The number of hydrogen-bond donors (Lipinski definition) is 1. The molecule has 3 nitrogen and oxygen atoms in total. The number of hydrogen-bond acceptors (Lipinski definition) is 3. The number of Topliss-reactive ketones (excluding diaryl/α,β-unsaturated/α-hetero) is 1. The molecule has 0 saturated heterocycles. The number of rotatable bonds is 3. The van der Waals surface area contributed by atoms with Gasteiger partial charge in [-0.2, -0.15) is 0 Å². The number of carbonyl (C=O) groups excluding carboxylic acids is 2. The van der Waals surface area contributed by atoms with Gasteiger partial charge in [0.25, 0.3) is 0 Å². The summed E-state index contributed by atoms with van der Waals surface area (Å²) in [4.78, 5) is 23.7. The van der Waals surface area contributed by atoms with Crippen molar-refractivity contribution in [2.24, 2.45) is 5.92 Å². The summed E-state index contributed by atoms with van der Waals surface area (Å²) in [7, 11) is 0. The van der Waals surface area contributed by atoms with Crippen LogP contribution in [0.5, 0.6) is 0 Å². The van der Waals surface area contributed by atoms with E-state index in [4.69, 9.17) is 0 Å². The number of benzene rings is 1. The van der Waals surface area contributed by atoms with E-state index in [2.05, 4.69) is 0 Å². The Labute approximate surface area is 113 Å². The Morgan fingerprint density at radius 1 is 1.32 bits per heavy atom. The lowest BCUT2D eigenvalue weighted by Crippen LogP contribution is -2.48. The van der Waals surface area contributed by atoms with E-state index in [9.17, 15) is 14.7 Å². The Morgan fingerprint density at radius 3 is 2.68 bits per heavy atom. The number of carbonyl (C=O) groups is 2. The van der Waals surface area contributed by atoms with Crippen LogP contribution < -0.4 is 0 Å². The van der Waals surface area contributed by atoms with Crippen molar-refractivity contribution in [1.82, 2.24) is 0 Å². The molecule has 19 heavy (non-hydrogen) atoms. The molecule has 0 bridgehead atoms. The molecule has 1 saturated carbocycles. The third-order valence-corrected chi connectivity index (χ3v) is 4.26. The van der Waals surface area contributed by atoms with E-state index in [-0.39, 0.29) is 5.78 Å². The molecule has 1 aromatic carbocycles. The minimum absolute atomic E-state index is 0.313. The van der Waals surface area contributed by atoms with Crippen LogP contribution in [0.4, 0.5) is 0 Å². The van der Waals surface area contributed by atoms with Crippen LogP contribution >= 0.6 is 0 Å². The van der Waals surface area contributed by atoms with Gasteiger partial charge in [-0.1, -0.05) is 25.0 Å². The Bertz CT molecular complexity index is 507. The molecule has 0 radical (unpaired) electrons. The minimum Gasteiger partial charge on any atom is -0.381 e. The summed E-state index contributed by atoms with van der Waals surface area (Å²) < 4.78 is 0. The van der Waals surface area contributed by atoms with E-state index >= 15 is 0 Å². The molecule has 0 amide bonds. The summed E-state index contributed by atoms with van der Waals surface area (Å²) in [6.45, 7) is 3.92. The van der Waals surface area contributed by atoms with Crippen LogP contribution in [0.1, 0.15) is 47.2 Å². The Balaban J connectivity index is 2.35. The fraction of sp³-hybridized carbons (Fsp3) is 0.500. The van der Waals surface area contributed by atoms with Crippen molar-refractivity contribution in [3.05, 3.63) is 34.9 Å². The predicted molar refractivity (Wildman–Crippen MR) is 73.2 cm³/mol. The van der Waals surface area contributed by atoms with Crippen molar-refractivity contribution in [3.8, 4) is 0 Å². The maximum absolute atomic E-state index is 12.5. The molecule has 1 N–H and O–H groups in total. The smallest absolute Gasteiger partial charge is 0.195 e. The van der Waals surface area contributed by atoms with Crippen molar-refractivity contribution in [3.63, 3.8) is 0 Å². The molecule has 2 atom stereocenters. The van der Waals surface area contributed by atoms with Gasteiger partial charge in [-0.25, -0.2) is 0 Å². The Morgan fingerprint density at radius 2 is 2.05 bits per heavy atom. The molecular formula is C16H20O3. The van der Waals surface area contributed by atoms with E-state index in [1.807, 2.05) is 19.9 Å². The summed E-state index contributed by atoms with van der Waals surface area (Å²) >= 11 is 0. The molecule has 1 aliphatic carbocycles. The Kier molecular flexibility index (Phi) is 3.85. The quantitative estimate of drug-likeness (QED) is 0.671. The SMILES string of the molecule is Cc1ccc(C(=O)C2(O)CCCCC2C=O)cc1C. The van der Waals surface area contributed by atoms with E-state index < -0.39 is 11.5 Å². The molecule has 1 fully saturated rings. The minimum atomic E-state index is -1.51. The highest BCUT2D eigenvalue weighted by Gasteiger charge is 2.45. The van der Waals surface area contributed by atoms with Gasteiger partial charge in [0.05, 0.1) is 5.92 Å². The highest BCUT2D eigenvalue weighted by atomic mass is 16.3. The zero-order chi connectivity index (χ0) is 14.0. The molecule has 0 heterocycles. The van der Waals surface area contributed by atoms with Gasteiger partial charge in [-0.15, -0.1) is 0 Å². The molecule has 1 aromatic rings. The van der Waals surface area contributed by atoms with Crippen molar-refractivity contribution >= 4 is 12.1 Å². The lowest BCUT2D eigenvalue weighted by molar-refractivity contribution is -0.120. The summed E-state index contributed by atoms with van der Waals surface area (Å²) in [6.07, 6.45) is 3.39. The van der Waals surface area contributed by atoms with Gasteiger partial charge < -0.3 is 9.90 Å². The molecule has 0 aliphatic heterocycles. The monoisotopic (exact) mass is 260 g/mol. The fourth-order valence-corrected chi connectivity index (χ4v) is 2.78. The Hall–Kier alpha value is -1.48. The molecule has 1 aliphatic rings.